The van der Waals surface area contributed by atoms with Crippen molar-refractivity contribution in [2.75, 3.05) is 0 Å². The van der Waals surface area contributed by atoms with Crippen LogP contribution in [0.4, 0.5) is 0 Å². The Morgan fingerprint density at radius 3 is 2.38 bits per heavy atom. The lowest BCUT2D eigenvalue weighted by atomic mass is 10.1. The fraction of sp³-hybridized carbons (Fsp3) is 1.00. The van der Waals surface area contributed by atoms with Crippen LogP contribution in [0.1, 0.15) is 20.3 Å². The fourth-order valence-corrected chi connectivity index (χ4v) is 0.856. The predicted molar refractivity (Wildman–Crippen MR) is 38.8 cm³/mol. The van der Waals surface area contributed by atoms with Gasteiger partial charge in [-0.3, -0.25) is 0 Å². The SMILES string of the molecule is CCC(N)C(C)O[SiH3]. The van der Waals surface area contributed by atoms with Gasteiger partial charge in [-0.05, 0) is 13.3 Å². The van der Waals surface area contributed by atoms with Crippen LogP contribution in [0.15, 0.2) is 0 Å². The van der Waals surface area contributed by atoms with Crippen LogP contribution in [0.2, 0.25) is 0 Å². The molecule has 0 saturated heterocycles. The quantitative estimate of drug-likeness (QED) is 0.522. The molecule has 0 heterocycles. The van der Waals surface area contributed by atoms with E-state index in [1.807, 2.05) is 6.92 Å². The minimum Gasteiger partial charge on any atom is -0.424 e. The molecule has 0 bridgehead atoms. The van der Waals surface area contributed by atoms with Gasteiger partial charge in [-0.15, -0.1) is 0 Å². The first-order valence-corrected chi connectivity index (χ1v) is 3.82. The number of rotatable bonds is 3. The van der Waals surface area contributed by atoms with E-state index in [1.165, 1.54) is 0 Å². The molecule has 0 radical (unpaired) electrons. The molecule has 2 N–H and O–H groups in total. The molecule has 0 aromatic rings. The fourth-order valence-electron chi connectivity index (χ4n) is 0.507. The normalized spacial score (nSPS) is 18.4. The smallest absolute Gasteiger partial charge is 0.146 e. The highest BCUT2D eigenvalue weighted by Crippen LogP contribution is 1.96. The van der Waals surface area contributed by atoms with E-state index >= 15 is 0 Å². The molecule has 0 aliphatic heterocycles. The Balaban J connectivity index is 3.29. The highest BCUT2D eigenvalue weighted by molar-refractivity contribution is 5.98. The van der Waals surface area contributed by atoms with E-state index < -0.39 is 0 Å². The van der Waals surface area contributed by atoms with Gasteiger partial charge < -0.3 is 10.2 Å². The molecule has 3 heteroatoms. The van der Waals surface area contributed by atoms with Gasteiger partial charge in [0.2, 0.25) is 0 Å². The summed E-state index contributed by atoms with van der Waals surface area (Å²) in [6.07, 6.45) is 1.26. The molecule has 2 unspecified atom stereocenters. The van der Waals surface area contributed by atoms with Crippen molar-refractivity contribution in [2.45, 2.75) is 32.4 Å². The van der Waals surface area contributed by atoms with E-state index in [1.54, 1.807) is 0 Å². The molecule has 0 saturated carbocycles. The first-order chi connectivity index (χ1) is 3.72. The summed E-state index contributed by atoms with van der Waals surface area (Å²) in [6.45, 7) is 4.09. The van der Waals surface area contributed by atoms with Gasteiger partial charge in [0.05, 0.1) is 6.10 Å². The second-order valence-corrected chi connectivity index (χ2v) is 2.48. The van der Waals surface area contributed by atoms with Gasteiger partial charge in [-0.25, -0.2) is 0 Å². The average molecular weight is 133 g/mol. The van der Waals surface area contributed by atoms with Crippen LogP contribution in [0.3, 0.4) is 0 Å². The Labute approximate surface area is 53.9 Å². The van der Waals surface area contributed by atoms with Gasteiger partial charge in [0.15, 0.2) is 0 Å². The van der Waals surface area contributed by atoms with Crippen LogP contribution in [0.5, 0.6) is 0 Å². The van der Waals surface area contributed by atoms with Gasteiger partial charge in [0.25, 0.3) is 0 Å². The molecule has 0 aliphatic rings. The Kier molecular flexibility index (Phi) is 4.13. The molecular weight excluding hydrogens is 118 g/mol. The van der Waals surface area contributed by atoms with Crippen LogP contribution in [-0.2, 0) is 4.43 Å². The summed E-state index contributed by atoms with van der Waals surface area (Å²) in [6, 6.07) is 0.229. The van der Waals surface area contributed by atoms with Crippen LogP contribution in [0.25, 0.3) is 0 Å². The van der Waals surface area contributed by atoms with Crippen LogP contribution in [0, 0.1) is 0 Å². The van der Waals surface area contributed by atoms with E-state index in [2.05, 4.69) is 6.92 Å². The first kappa shape index (κ1) is 8.14. The van der Waals surface area contributed by atoms with Crippen LogP contribution in [-0.4, -0.2) is 22.6 Å². The van der Waals surface area contributed by atoms with Crippen LogP contribution >= 0.6 is 0 Å². The van der Waals surface area contributed by atoms with Gasteiger partial charge in [0, 0.05) is 6.04 Å². The molecule has 0 spiro atoms. The van der Waals surface area contributed by atoms with Crippen molar-refractivity contribution in [1.82, 2.24) is 0 Å². The molecule has 0 aromatic carbocycles. The molecule has 0 amide bonds. The minimum atomic E-state index is 0.229. The second-order valence-electron chi connectivity index (χ2n) is 2.01. The summed E-state index contributed by atoms with van der Waals surface area (Å²) in [5.74, 6) is 0. The zero-order chi connectivity index (χ0) is 6.57. The number of hydrogen-bond donors (Lipinski definition) is 1. The maximum Gasteiger partial charge on any atom is 0.146 e. The zero-order valence-electron chi connectivity index (χ0n) is 5.85. The van der Waals surface area contributed by atoms with Crippen molar-refractivity contribution in [3.05, 3.63) is 0 Å². The van der Waals surface area contributed by atoms with E-state index in [4.69, 9.17) is 10.2 Å². The minimum absolute atomic E-state index is 0.229. The molecule has 8 heavy (non-hydrogen) atoms. The molecule has 0 aromatic heterocycles. The number of nitrogens with two attached hydrogens (primary N) is 1. The van der Waals surface area contributed by atoms with Crippen molar-refractivity contribution in [3.63, 3.8) is 0 Å². The predicted octanol–water partition coefficient (Wildman–Crippen LogP) is -0.591. The summed E-state index contributed by atoms with van der Waals surface area (Å²) in [5, 5.41) is 0. The Morgan fingerprint density at radius 2 is 2.25 bits per heavy atom. The van der Waals surface area contributed by atoms with Crippen molar-refractivity contribution in [2.24, 2.45) is 5.73 Å². The maximum atomic E-state index is 5.62. The van der Waals surface area contributed by atoms with Crippen molar-refractivity contribution in [1.29, 1.82) is 0 Å². The van der Waals surface area contributed by atoms with E-state index in [0.717, 1.165) is 16.9 Å². The molecule has 2 nitrogen and oxygen atoms in total. The third-order valence-electron chi connectivity index (χ3n) is 1.45. The monoisotopic (exact) mass is 133 g/mol. The third kappa shape index (κ3) is 2.45. The second kappa shape index (κ2) is 4.06. The van der Waals surface area contributed by atoms with Gasteiger partial charge in [-0.2, -0.15) is 0 Å². The lowest BCUT2D eigenvalue weighted by molar-refractivity contribution is 0.205. The van der Waals surface area contributed by atoms with E-state index in [0.29, 0.717) is 0 Å². The summed E-state index contributed by atoms with van der Waals surface area (Å²) in [5.41, 5.74) is 5.62. The lowest BCUT2D eigenvalue weighted by Gasteiger charge is -2.16. The highest BCUT2D eigenvalue weighted by Gasteiger charge is 2.06. The standard InChI is InChI=1S/C5H15NOSi/c1-3-5(6)4(2)7-8/h4-5H,3,6H2,1-2,8H3. The Morgan fingerprint density at radius 1 is 1.75 bits per heavy atom. The van der Waals surface area contributed by atoms with Gasteiger partial charge in [0.1, 0.15) is 10.5 Å². The van der Waals surface area contributed by atoms with E-state index in [-0.39, 0.29) is 12.1 Å². The lowest BCUT2D eigenvalue weighted by Crippen LogP contribution is -2.33. The Bertz CT molecular complexity index is 52.4. The third-order valence-corrected chi connectivity index (χ3v) is 2.19. The van der Waals surface area contributed by atoms with Crippen LogP contribution < -0.4 is 5.73 Å². The average Bonchev–Trinajstić information content (AvgIpc) is 1.84. The van der Waals surface area contributed by atoms with Gasteiger partial charge >= 0.3 is 0 Å². The Hall–Kier alpha value is 0.137. The first-order valence-electron chi connectivity index (χ1n) is 3.00. The summed E-state index contributed by atoms with van der Waals surface area (Å²) >= 11 is 0. The van der Waals surface area contributed by atoms with E-state index in [9.17, 15) is 0 Å². The molecule has 0 aliphatic carbocycles. The summed E-state index contributed by atoms with van der Waals surface area (Å²) < 4.78 is 5.12. The molecule has 0 fully saturated rings. The van der Waals surface area contributed by atoms with Crippen molar-refractivity contribution in [3.8, 4) is 0 Å². The summed E-state index contributed by atoms with van der Waals surface area (Å²) in [7, 11) is 0.795. The topological polar surface area (TPSA) is 35.2 Å². The molecular formula is C5H15NOSi. The molecule has 50 valence electrons. The largest absolute Gasteiger partial charge is 0.424 e. The van der Waals surface area contributed by atoms with Crippen molar-refractivity contribution >= 4 is 10.5 Å². The van der Waals surface area contributed by atoms with Gasteiger partial charge in [-0.1, -0.05) is 6.92 Å². The van der Waals surface area contributed by atoms with Crippen molar-refractivity contribution < 1.29 is 4.43 Å². The zero-order valence-corrected chi connectivity index (χ0v) is 7.85. The molecule has 2 atom stereocenters. The molecule has 0 rings (SSSR count). The number of hydrogen-bond acceptors (Lipinski definition) is 2. The maximum absolute atomic E-state index is 5.62. The summed E-state index contributed by atoms with van der Waals surface area (Å²) in [4.78, 5) is 0. The highest BCUT2D eigenvalue weighted by atomic mass is 28.2.